The molecule has 0 spiro atoms. The Labute approximate surface area is 103 Å². The Balaban J connectivity index is 2.49. The minimum absolute atomic E-state index is 0.282. The minimum atomic E-state index is -0.900. The van der Waals surface area contributed by atoms with Crippen LogP contribution in [0.4, 0.5) is 0 Å². The highest BCUT2D eigenvalue weighted by Gasteiger charge is 2.30. The summed E-state index contributed by atoms with van der Waals surface area (Å²) in [6.45, 7) is 6.08. The third kappa shape index (κ3) is 4.57. The van der Waals surface area contributed by atoms with E-state index >= 15 is 0 Å². The molecule has 1 atom stereocenters. The number of hydrogen-bond acceptors (Lipinski definition) is 3. The Kier molecular flexibility index (Phi) is 4.70. The molecule has 0 aliphatic heterocycles. The average Bonchev–Trinajstić information content (AvgIpc) is 2.25. The highest BCUT2D eigenvalue weighted by atomic mass is 16.5. The third-order valence-electron chi connectivity index (χ3n) is 2.51. The van der Waals surface area contributed by atoms with Gasteiger partial charge in [0.25, 0.3) is 0 Å². The van der Waals surface area contributed by atoms with Crippen LogP contribution in [0.3, 0.4) is 0 Å². The van der Waals surface area contributed by atoms with Crippen molar-refractivity contribution in [3.05, 3.63) is 35.9 Å². The Morgan fingerprint density at radius 3 is 2.47 bits per heavy atom. The van der Waals surface area contributed by atoms with E-state index in [1.165, 1.54) is 0 Å². The van der Waals surface area contributed by atoms with Crippen molar-refractivity contribution in [1.82, 2.24) is 0 Å². The van der Waals surface area contributed by atoms with E-state index in [0.29, 0.717) is 12.3 Å². The fourth-order valence-electron chi connectivity index (χ4n) is 1.82. The van der Waals surface area contributed by atoms with E-state index < -0.39 is 5.54 Å². The minimum Gasteiger partial charge on any atom is -0.459 e. The normalized spacial score (nSPS) is 14.4. The molecule has 1 aromatic carbocycles. The summed E-state index contributed by atoms with van der Waals surface area (Å²) in [6, 6.07) is 9.60. The van der Waals surface area contributed by atoms with Crippen LogP contribution in [0.5, 0.6) is 0 Å². The molecular formula is C14H21NO2. The molecule has 0 fully saturated rings. The lowest BCUT2D eigenvalue weighted by Crippen LogP contribution is -2.47. The number of hydrogen-bond donors (Lipinski definition) is 1. The molecule has 0 aliphatic carbocycles. The summed E-state index contributed by atoms with van der Waals surface area (Å²) in [5.74, 6) is 0.0318. The van der Waals surface area contributed by atoms with Gasteiger partial charge in [-0.1, -0.05) is 44.2 Å². The zero-order valence-corrected chi connectivity index (χ0v) is 10.8. The first kappa shape index (κ1) is 13.7. The number of rotatable bonds is 5. The van der Waals surface area contributed by atoms with Crippen LogP contribution < -0.4 is 5.73 Å². The predicted molar refractivity (Wildman–Crippen MR) is 68.3 cm³/mol. The summed E-state index contributed by atoms with van der Waals surface area (Å²) in [4.78, 5) is 11.8. The van der Waals surface area contributed by atoms with Crippen molar-refractivity contribution in [1.29, 1.82) is 0 Å². The number of ether oxygens (including phenoxy) is 1. The van der Waals surface area contributed by atoms with Crippen molar-refractivity contribution in [2.75, 3.05) is 0 Å². The first-order chi connectivity index (χ1) is 7.92. The van der Waals surface area contributed by atoms with E-state index in [2.05, 4.69) is 0 Å². The molecule has 0 aromatic heterocycles. The molecule has 0 radical (unpaired) electrons. The fraction of sp³-hybridized carbons (Fsp3) is 0.500. The average molecular weight is 235 g/mol. The smallest absolute Gasteiger partial charge is 0.326 e. The number of esters is 1. The van der Waals surface area contributed by atoms with E-state index in [9.17, 15) is 4.79 Å². The molecule has 1 aromatic rings. The second kappa shape index (κ2) is 5.82. The Morgan fingerprint density at radius 1 is 1.35 bits per heavy atom. The van der Waals surface area contributed by atoms with Gasteiger partial charge in [-0.15, -0.1) is 0 Å². The van der Waals surface area contributed by atoms with Crippen molar-refractivity contribution in [3.8, 4) is 0 Å². The zero-order valence-electron chi connectivity index (χ0n) is 10.8. The van der Waals surface area contributed by atoms with Gasteiger partial charge in [-0.05, 0) is 24.8 Å². The van der Waals surface area contributed by atoms with Crippen LogP contribution >= 0.6 is 0 Å². The van der Waals surface area contributed by atoms with Crippen molar-refractivity contribution in [2.24, 2.45) is 11.7 Å². The van der Waals surface area contributed by atoms with E-state index in [0.717, 1.165) is 5.56 Å². The highest BCUT2D eigenvalue weighted by molar-refractivity contribution is 5.80. The van der Waals surface area contributed by atoms with Gasteiger partial charge in [0.1, 0.15) is 12.1 Å². The van der Waals surface area contributed by atoms with Gasteiger partial charge in [0.05, 0.1) is 0 Å². The lowest BCUT2D eigenvalue weighted by Gasteiger charge is -2.24. The largest absolute Gasteiger partial charge is 0.459 e. The number of carbonyl (C=O) groups is 1. The van der Waals surface area contributed by atoms with Crippen molar-refractivity contribution < 1.29 is 9.53 Å². The molecule has 3 heteroatoms. The Bertz CT molecular complexity index is 358. The summed E-state index contributed by atoms with van der Waals surface area (Å²) in [6.07, 6.45) is 0.626. The molecular weight excluding hydrogens is 214 g/mol. The standard InChI is InChI=1S/C14H21NO2/c1-11(2)9-14(3,15)13(16)17-10-12-7-5-4-6-8-12/h4-8,11H,9-10,15H2,1-3H3/t14-/m1/s1. The molecule has 0 unspecified atom stereocenters. The molecule has 2 N–H and O–H groups in total. The lowest BCUT2D eigenvalue weighted by molar-refractivity contribution is -0.151. The van der Waals surface area contributed by atoms with Gasteiger partial charge < -0.3 is 10.5 Å². The lowest BCUT2D eigenvalue weighted by atomic mass is 9.92. The molecule has 0 saturated carbocycles. The summed E-state index contributed by atoms with van der Waals surface area (Å²) in [5, 5.41) is 0. The zero-order chi connectivity index (χ0) is 12.9. The number of benzene rings is 1. The van der Waals surface area contributed by atoms with E-state index in [1.54, 1.807) is 6.92 Å². The van der Waals surface area contributed by atoms with E-state index in [1.807, 2.05) is 44.2 Å². The quantitative estimate of drug-likeness (QED) is 0.798. The predicted octanol–water partition coefficient (Wildman–Crippen LogP) is 2.49. The summed E-state index contributed by atoms with van der Waals surface area (Å²) >= 11 is 0. The molecule has 0 aliphatic rings. The maximum atomic E-state index is 11.8. The van der Waals surface area contributed by atoms with Gasteiger partial charge in [-0.2, -0.15) is 0 Å². The van der Waals surface area contributed by atoms with Gasteiger partial charge >= 0.3 is 5.97 Å². The van der Waals surface area contributed by atoms with Crippen LogP contribution in [0.15, 0.2) is 30.3 Å². The Hall–Kier alpha value is -1.35. The molecule has 0 amide bonds. The van der Waals surface area contributed by atoms with E-state index in [4.69, 9.17) is 10.5 Å². The monoisotopic (exact) mass is 235 g/mol. The molecule has 0 heterocycles. The number of nitrogens with two attached hydrogens (primary N) is 1. The molecule has 1 rings (SSSR count). The molecule has 0 bridgehead atoms. The summed E-state index contributed by atoms with van der Waals surface area (Å²) in [7, 11) is 0. The first-order valence-corrected chi connectivity index (χ1v) is 5.92. The molecule has 17 heavy (non-hydrogen) atoms. The van der Waals surface area contributed by atoms with Gasteiger partial charge in [0, 0.05) is 0 Å². The van der Waals surface area contributed by atoms with Gasteiger partial charge in [-0.25, -0.2) is 0 Å². The van der Waals surface area contributed by atoms with Gasteiger partial charge in [0.15, 0.2) is 0 Å². The van der Waals surface area contributed by atoms with Crippen LogP contribution in [0, 0.1) is 5.92 Å². The van der Waals surface area contributed by atoms with Crippen LogP contribution in [0.1, 0.15) is 32.8 Å². The molecule has 3 nitrogen and oxygen atoms in total. The van der Waals surface area contributed by atoms with Crippen LogP contribution in [0.25, 0.3) is 0 Å². The summed E-state index contributed by atoms with van der Waals surface area (Å²) in [5.41, 5.74) is 6.02. The van der Waals surface area contributed by atoms with Crippen LogP contribution in [0.2, 0.25) is 0 Å². The maximum Gasteiger partial charge on any atom is 0.326 e. The maximum absolute atomic E-state index is 11.8. The summed E-state index contributed by atoms with van der Waals surface area (Å²) < 4.78 is 5.23. The van der Waals surface area contributed by atoms with Crippen LogP contribution in [-0.2, 0) is 16.1 Å². The first-order valence-electron chi connectivity index (χ1n) is 5.92. The van der Waals surface area contributed by atoms with Crippen LogP contribution in [-0.4, -0.2) is 11.5 Å². The topological polar surface area (TPSA) is 52.3 Å². The van der Waals surface area contributed by atoms with Crippen molar-refractivity contribution in [2.45, 2.75) is 39.3 Å². The van der Waals surface area contributed by atoms with Crippen molar-refractivity contribution >= 4 is 5.97 Å². The molecule has 0 saturated heterocycles. The second-order valence-corrected chi connectivity index (χ2v) is 5.08. The fourth-order valence-corrected chi connectivity index (χ4v) is 1.82. The Morgan fingerprint density at radius 2 is 1.94 bits per heavy atom. The highest BCUT2D eigenvalue weighted by Crippen LogP contribution is 2.16. The third-order valence-corrected chi connectivity index (χ3v) is 2.51. The SMILES string of the molecule is CC(C)C[C@@](C)(N)C(=O)OCc1ccccc1. The van der Waals surface area contributed by atoms with Gasteiger partial charge in [0.2, 0.25) is 0 Å². The number of carbonyl (C=O) groups excluding carboxylic acids is 1. The van der Waals surface area contributed by atoms with E-state index in [-0.39, 0.29) is 12.6 Å². The second-order valence-electron chi connectivity index (χ2n) is 5.08. The van der Waals surface area contributed by atoms with Gasteiger partial charge in [-0.3, -0.25) is 4.79 Å². The molecule has 94 valence electrons. The van der Waals surface area contributed by atoms with Crippen molar-refractivity contribution in [3.63, 3.8) is 0 Å².